The minimum atomic E-state index is -0.329. The first kappa shape index (κ1) is 19.4. The highest BCUT2D eigenvalue weighted by Crippen LogP contribution is 2.17. The lowest BCUT2D eigenvalue weighted by Crippen LogP contribution is -2.27. The van der Waals surface area contributed by atoms with Gasteiger partial charge >= 0.3 is 0 Å². The van der Waals surface area contributed by atoms with Gasteiger partial charge in [-0.2, -0.15) is 5.10 Å². The monoisotopic (exact) mass is 403 g/mol. The van der Waals surface area contributed by atoms with Crippen molar-refractivity contribution in [1.82, 2.24) is 19.3 Å². The van der Waals surface area contributed by atoms with Gasteiger partial charge in [0.05, 0.1) is 19.0 Å². The number of aryl methyl sites for hydroxylation is 2. The summed E-state index contributed by atoms with van der Waals surface area (Å²) in [6.45, 7) is 3.86. The molecule has 4 rings (SSSR count). The zero-order valence-electron chi connectivity index (χ0n) is 16.9. The standard InChI is InChI=1S/C22H21N5O3/c1-14-8-15(2)10-17(9-14)27-21-19(11-24-27)22(29)26(13-23-21)12-20(28)25-16-4-6-18(30-3)7-5-16/h4-11,13H,12H2,1-3H3,(H,25,28). The fourth-order valence-electron chi connectivity index (χ4n) is 3.35. The predicted octanol–water partition coefficient (Wildman–Crippen LogP) is 2.85. The fourth-order valence-corrected chi connectivity index (χ4v) is 3.35. The number of anilines is 1. The normalized spacial score (nSPS) is 10.9. The van der Waals surface area contributed by atoms with E-state index in [0.29, 0.717) is 22.5 Å². The Balaban J connectivity index is 1.59. The summed E-state index contributed by atoms with van der Waals surface area (Å²) in [4.78, 5) is 29.6. The molecular formula is C22H21N5O3. The van der Waals surface area contributed by atoms with Gasteiger partial charge in [0, 0.05) is 5.69 Å². The predicted molar refractivity (Wildman–Crippen MR) is 114 cm³/mol. The Bertz CT molecular complexity index is 1270. The van der Waals surface area contributed by atoms with Gasteiger partial charge in [-0.1, -0.05) is 6.07 Å². The highest BCUT2D eigenvalue weighted by atomic mass is 16.5. The summed E-state index contributed by atoms with van der Waals surface area (Å²) in [5, 5.41) is 7.45. The lowest BCUT2D eigenvalue weighted by Gasteiger charge is -2.09. The van der Waals surface area contributed by atoms with Gasteiger partial charge in [-0.3, -0.25) is 14.2 Å². The van der Waals surface area contributed by atoms with E-state index in [9.17, 15) is 9.59 Å². The molecule has 0 aliphatic heterocycles. The van der Waals surface area contributed by atoms with E-state index in [1.165, 1.54) is 17.1 Å². The maximum atomic E-state index is 12.9. The molecule has 0 bridgehead atoms. The molecule has 2 heterocycles. The molecule has 0 saturated heterocycles. The van der Waals surface area contributed by atoms with Crippen molar-refractivity contribution in [3.05, 3.63) is 76.5 Å². The van der Waals surface area contributed by atoms with Crippen LogP contribution in [-0.4, -0.2) is 32.3 Å². The van der Waals surface area contributed by atoms with Crippen LogP contribution in [0.15, 0.2) is 59.8 Å². The van der Waals surface area contributed by atoms with Gasteiger partial charge in [-0.15, -0.1) is 0 Å². The number of hydrogen-bond donors (Lipinski definition) is 1. The van der Waals surface area contributed by atoms with Gasteiger partial charge in [0.15, 0.2) is 5.65 Å². The molecule has 1 N–H and O–H groups in total. The number of rotatable bonds is 5. The number of ether oxygens (including phenoxy) is 1. The molecule has 4 aromatic rings. The van der Waals surface area contributed by atoms with Gasteiger partial charge < -0.3 is 10.1 Å². The molecule has 0 aliphatic rings. The van der Waals surface area contributed by atoms with Crippen molar-refractivity contribution in [3.63, 3.8) is 0 Å². The maximum absolute atomic E-state index is 12.9. The Kier molecular flexibility index (Phi) is 5.05. The molecule has 1 amide bonds. The molecule has 0 saturated carbocycles. The third kappa shape index (κ3) is 3.80. The molecule has 0 unspecified atom stereocenters. The van der Waals surface area contributed by atoms with Crippen molar-refractivity contribution in [2.75, 3.05) is 12.4 Å². The molecule has 2 aromatic carbocycles. The zero-order valence-corrected chi connectivity index (χ0v) is 16.9. The Morgan fingerprint density at radius 1 is 1.10 bits per heavy atom. The van der Waals surface area contributed by atoms with Crippen LogP contribution < -0.4 is 15.6 Å². The maximum Gasteiger partial charge on any atom is 0.264 e. The first-order chi connectivity index (χ1) is 14.4. The molecule has 8 nitrogen and oxygen atoms in total. The second-order valence-corrected chi connectivity index (χ2v) is 7.09. The quantitative estimate of drug-likeness (QED) is 0.553. The molecule has 152 valence electrons. The molecule has 0 atom stereocenters. The second-order valence-electron chi connectivity index (χ2n) is 7.09. The first-order valence-corrected chi connectivity index (χ1v) is 9.40. The minimum absolute atomic E-state index is 0.150. The number of nitrogens with zero attached hydrogens (tertiary/aromatic N) is 4. The van der Waals surface area contributed by atoms with Crippen molar-refractivity contribution >= 4 is 22.6 Å². The van der Waals surface area contributed by atoms with Gasteiger partial charge in [-0.25, -0.2) is 9.67 Å². The fraction of sp³-hybridized carbons (Fsp3) is 0.182. The van der Waals surface area contributed by atoms with Crippen molar-refractivity contribution < 1.29 is 9.53 Å². The van der Waals surface area contributed by atoms with E-state index in [0.717, 1.165) is 16.8 Å². The number of nitrogens with one attached hydrogen (secondary N) is 1. The van der Waals surface area contributed by atoms with Crippen molar-refractivity contribution in [2.45, 2.75) is 20.4 Å². The molecular weight excluding hydrogens is 382 g/mol. The van der Waals surface area contributed by atoms with Crippen molar-refractivity contribution in [1.29, 1.82) is 0 Å². The Labute approximate surface area is 172 Å². The van der Waals surface area contributed by atoms with Crippen LogP contribution in [0, 0.1) is 13.8 Å². The van der Waals surface area contributed by atoms with Gasteiger partial charge in [0.1, 0.15) is 24.0 Å². The molecule has 0 fully saturated rings. The molecule has 0 aliphatic carbocycles. The second kappa shape index (κ2) is 7.82. The van der Waals surface area contributed by atoms with Crippen LogP contribution in [0.4, 0.5) is 5.69 Å². The van der Waals surface area contributed by atoms with E-state index in [2.05, 4.69) is 21.5 Å². The molecule has 30 heavy (non-hydrogen) atoms. The number of carbonyl (C=O) groups is 1. The Morgan fingerprint density at radius 2 is 1.80 bits per heavy atom. The molecule has 0 spiro atoms. The number of carbonyl (C=O) groups excluding carboxylic acids is 1. The van der Waals surface area contributed by atoms with E-state index >= 15 is 0 Å². The average Bonchev–Trinajstić information content (AvgIpc) is 3.15. The number of fused-ring (bicyclic) bond motifs is 1. The summed E-state index contributed by atoms with van der Waals surface area (Å²) in [5.74, 6) is 0.366. The van der Waals surface area contributed by atoms with Crippen LogP contribution in [0.25, 0.3) is 16.7 Å². The summed E-state index contributed by atoms with van der Waals surface area (Å²) in [5.41, 5.74) is 3.78. The van der Waals surface area contributed by atoms with Crippen molar-refractivity contribution in [2.24, 2.45) is 0 Å². The lowest BCUT2D eigenvalue weighted by atomic mass is 10.1. The summed E-state index contributed by atoms with van der Waals surface area (Å²) in [6.07, 6.45) is 2.86. The van der Waals surface area contributed by atoms with Gasteiger partial charge in [-0.05, 0) is 61.4 Å². The van der Waals surface area contributed by atoms with E-state index in [1.807, 2.05) is 26.0 Å². The highest BCUT2D eigenvalue weighted by molar-refractivity contribution is 5.90. The third-order valence-electron chi connectivity index (χ3n) is 4.69. The number of aromatic nitrogens is 4. The number of amides is 1. The average molecular weight is 403 g/mol. The van der Waals surface area contributed by atoms with E-state index in [1.54, 1.807) is 36.1 Å². The van der Waals surface area contributed by atoms with Gasteiger partial charge in [0.25, 0.3) is 5.56 Å². The summed E-state index contributed by atoms with van der Waals surface area (Å²) < 4.78 is 8.01. The van der Waals surface area contributed by atoms with Crippen LogP contribution in [0.2, 0.25) is 0 Å². The lowest BCUT2D eigenvalue weighted by molar-refractivity contribution is -0.116. The number of benzene rings is 2. The van der Waals surface area contributed by atoms with E-state index < -0.39 is 0 Å². The largest absolute Gasteiger partial charge is 0.497 e. The van der Waals surface area contributed by atoms with Crippen LogP contribution in [0.1, 0.15) is 11.1 Å². The Morgan fingerprint density at radius 3 is 2.47 bits per heavy atom. The van der Waals surface area contributed by atoms with E-state index in [-0.39, 0.29) is 18.0 Å². The SMILES string of the molecule is COc1ccc(NC(=O)Cn2cnc3c(cnn3-c3cc(C)cc(C)c3)c2=O)cc1. The number of methoxy groups -OCH3 is 1. The zero-order chi connectivity index (χ0) is 21.3. The third-order valence-corrected chi connectivity index (χ3v) is 4.69. The van der Waals surface area contributed by atoms with Crippen LogP contribution in [-0.2, 0) is 11.3 Å². The summed E-state index contributed by atoms with van der Waals surface area (Å²) in [7, 11) is 1.57. The molecule has 2 aromatic heterocycles. The Hall–Kier alpha value is -3.94. The van der Waals surface area contributed by atoms with Gasteiger partial charge in [0.2, 0.25) is 5.91 Å². The van der Waals surface area contributed by atoms with Crippen molar-refractivity contribution in [3.8, 4) is 11.4 Å². The topological polar surface area (TPSA) is 91.0 Å². The van der Waals surface area contributed by atoms with E-state index in [4.69, 9.17) is 4.74 Å². The minimum Gasteiger partial charge on any atom is -0.497 e. The first-order valence-electron chi connectivity index (χ1n) is 9.40. The van der Waals surface area contributed by atoms with Crippen LogP contribution in [0.5, 0.6) is 5.75 Å². The van der Waals surface area contributed by atoms with Crippen LogP contribution >= 0.6 is 0 Å². The summed E-state index contributed by atoms with van der Waals surface area (Å²) >= 11 is 0. The summed E-state index contributed by atoms with van der Waals surface area (Å²) in [6, 6.07) is 13.0. The number of hydrogen-bond acceptors (Lipinski definition) is 5. The highest BCUT2D eigenvalue weighted by Gasteiger charge is 2.14. The van der Waals surface area contributed by atoms with Crippen LogP contribution in [0.3, 0.4) is 0 Å². The smallest absolute Gasteiger partial charge is 0.264 e. The molecule has 8 heteroatoms. The molecule has 0 radical (unpaired) electrons.